The van der Waals surface area contributed by atoms with Gasteiger partial charge in [0.2, 0.25) is 5.91 Å². The summed E-state index contributed by atoms with van der Waals surface area (Å²) in [5.74, 6) is -0.352. The molecule has 3 heteroatoms. The highest BCUT2D eigenvalue weighted by Crippen LogP contribution is 2.31. The Labute approximate surface area is 89.2 Å². The Morgan fingerprint density at radius 2 is 2.13 bits per heavy atom. The molecule has 0 radical (unpaired) electrons. The molecule has 0 aromatic heterocycles. The lowest BCUT2D eigenvalue weighted by molar-refractivity contribution is -0.100. The van der Waals surface area contributed by atoms with Crippen LogP contribution in [0.4, 0.5) is 0 Å². The van der Waals surface area contributed by atoms with Gasteiger partial charge in [-0.3, -0.25) is 4.79 Å². The van der Waals surface area contributed by atoms with Gasteiger partial charge in [0.15, 0.2) is 0 Å². The largest absolute Gasteiger partial charge is 0.380 e. The fourth-order valence-electron chi connectivity index (χ4n) is 1.93. The first-order valence-electron chi connectivity index (χ1n) is 5.06. The number of carbonyl (C=O) groups excluding carboxylic acids is 1. The predicted molar refractivity (Wildman–Crippen MR) is 57.6 cm³/mol. The van der Waals surface area contributed by atoms with Crippen LogP contribution in [0.3, 0.4) is 0 Å². The van der Waals surface area contributed by atoms with Gasteiger partial charge >= 0.3 is 0 Å². The zero-order valence-corrected chi connectivity index (χ0v) is 8.82. The van der Waals surface area contributed by atoms with Gasteiger partial charge in [0.25, 0.3) is 0 Å². The molecular weight excluding hydrogens is 190 g/mol. The monoisotopic (exact) mass is 205 g/mol. The minimum Gasteiger partial charge on any atom is -0.380 e. The molecule has 0 saturated carbocycles. The maximum atomic E-state index is 11.2. The van der Waals surface area contributed by atoms with Gasteiger partial charge in [-0.2, -0.15) is 0 Å². The molecule has 1 aliphatic rings. The summed E-state index contributed by atoms with van der Waals surface area (Å²) < 4.78 is 5.19. The van der Waals surface area contributed by atoms with Crippen molar-refractivity contribution in [3.63, 3.8) is 0 Å². The molecule has 0 unspecified atom stereocenters. The summed E-state index contributed by atoms with van der Waals surface area (Å²) in [4.78, 5) is 11.2. The Morgan fingerprint density at radius 1 is 1.47 bits per heavy atom. The van der Waals surface area contributed by atoms with E-state index in [4.69, 9.17) is 10.5 Å². The molecule has 2 N–H and O–H groups in total. The molecule has 3 nitrogen and oxygen atoms in total. The van der Waals surface area contributed by atoms with Crippen LogP contribution in [0.2, 0.25) is 0 Å². The zero-order chi connectivity index (χ0) is 10.9. The molecule has 15 heavy (non-hydrogen) atoms. The fraction of sp³-hybridized carbons (Fsp3) is 0.417. The summed E-state index contributed by atoms with van der Waals surface area (Å²) >= 11 is 0. The molecule has 1 saturated heterocycles. The summed E-state index contributed by atoms with van der Waals surface area (Å²) in [6.45, 7) is 3.69. The average Bonchev–Trinajstić information content (AvgIpc) is 2.16. The van der Waals surface area contributed by atoms with Crippen LogP contribution in [-0.4, -0.2) is 19.1 Å². The number of primary amides is 1. The number of carbonyl (C=O) groups is 1. The predicted octanol–water partition coefficient (Wildman–Crippen LogP) is 1.36. The maximum Gasteiger partial charge on any atom is 0.248 e. The van der Waals surface area contributed by atoms with E-state index in [9.17, 15) is 4.79 Å². The van der Waals surface area contributed by atoms with Crippen molar-refractivity contribution in [2.45, 2.75) is 13.3 Å². The number of amides is 1. The number of rotatable bonds is 3. The first-order chi connectivity index (χ1) is 7.11. The van der Waals surface area contributed by atoms with Crippen molar-refractivity contribution < 1.29 is 9.53 Å². The van der Waals surface area contributed by atoms with Crippen LogP contribution in [0.25, 0.3) is 0 Å². The normalized spacial score (nSPS) is 18.2. The van der Waals surface area contributed by atoms with E-state index in [1.54, 1.807) is 6.07 Å². The molecule has 1 fully saturated rings. The lowest BCUT2D eigenvalue weighted by Gasteiger charge is -2.38. The van der Waals surface area contributed by atoms with E-state index < -0.39 is 0 Å². The summed E-state index contributed by atoms with van der Waals surface area (Å²) in [6.07, 6.45) is 0.853. The zero-order valence-electron chi connectivity index (χ0n) is 8.82. The molecule has 0 aliphatic carbocycles. The van der Waals surface area contributed by atoms with Gasteiger partial charge in [-0.15, -0.1) is 0 Å². The minimum absolute atomic E-state index is 0.172. The SMILES string of the molecule is CC1(Cc2ccccc2C(N)=O)COC1. The number of benzene rings is 1. The summed E-state index contributed by atoms with van der Waals surface area (Å²) in [6, 6.07) is 7.51. The van der Waals surface area contributed by atoms with Gasteiger partial charge in [-0.1, -0.05) is 25.1 Å². The molecule has 2 rings (SSSR count). The molecule has 0 spiro atoms. The summed E-state index contributed by atoms with van der Waals surface area (Å²) in [5.41, 5.74) is 7.15. The standard InChI is InChI=1S/C12H15NO2/c1-12(7-15-8-12)6-9-4-2-3-5-10(9)11(13)14/h2-5H,6-8H2,1H3,(H2,13,14). The minimum atomic E-state index is -0.352. The summed E-state index contributed by atoms with van der Waals surface area (Å²) in [7, 11) is 0. The second-order valence-corrected chi connectivity index (χ2v) is 4.50. The highest BCUT2D eigenvalue weighted by Gasteiger charge is 2.34. The van der Waals surface area contributed by atoms with Crippen molar-refractivity contribution in [1.29, 1.82) is 0 Å². The Morgan fingerprint density at radius 3 is 2.67 bits per heavy atom. The summed E-state index contributed by atoms with van der Waals surface area (Å²) in [5, 5.41) is 0. The van der Waals surface area contributed by atoms with Gasteiger partial charge in [0.05, 0.1) is 13.2 Å². The van der Waals surface area contributed by atoms with Gasteiger partial charge in [-0.05, 0) is 18.1 Å². The number of hydrogen-bond donors (Lipinski definition) is 1. The second kappa shape index (κ2) is 3.66. The van der Waals surface area contributed by atoms with Crippen molar-refractivity contribution in [3.05, 3.63) is 35.4 Å². The van der Waals surface area contributed by atoms with Gasteiger partial charge < -0.3 is 10.5 Å². The van der Waals surface area contributed by atoms with Crippen molar-refractivity contribution in [1.82, 2.24) is 0 Å². The van der Waals surface area contributed by atoms with E-state index in [2.05, 4.69) is 6.92 Å². The van der Waals surface area contributed by atoms with Crippen molar-refractivity contribution >= 4 is 5.91 Å². The lowest BCUT2D eigenvalue weighted by Crippen LogP contribution is -2.41. The van der Waals surface area contributed by atoms with E-state index in [-0.39, 0.29) is 11.3 Å². The quantitative estimate of drug-likeness (QED) is 0.810. The van der Waals surface area contributed by atoms with Crippen LogP contribution in [0, 0.1) is 5.41 Å². The maximum absolute atomic E-state index is 11.2. The van der Waals surface area contributed by atoms with Crippen LogP contribution in [0.15, 0.2) is 24.3 Å². The second-order valence-electron chi connectivity index (χ2n) is 4.50. The first kappa shape index (κ1) is 10.2. The number of nitrogens with two attached hydrogens (primary N) is 1. The molecule has 0 atom stereocenters. The molecule has 1 aromatic carbocycles. The van der Waals surface area contributed by atoms with E-state index in [0.717, 1.165) is 25.2 Å². The van der Waals surface area contributed by atoms with Gasteiger partial charge in [0.1, 0.15) is 0 Å². The number of hydrogen-bond acceptors (Lipinski definition) is 2. The van der Waals surface area contributed by atoms with Crippen LogP contribution in [0.1, 0.15) is 22.8 Å². The van der Waals surface area contributed by atoms with E-state index in [0.29, 0.717) is 5.56 Å². The molecule has 0 bridgehead atoms. The Kier molecular flexibility index (Phi) is 2.49. The molecule has 1 amide bonds. The van der Waals surface area contributed by atoms with E-state index >= 15 is 0 Å². The van der Waals surface area contributed by atoms with Crippen LogP contribution >= 0.6 is 0 Å². The third kappa shape index (κ3) is 2.02. The van der Waals surface area contributed by atoms with Gasteiger partial charge in [0, 0.05) is 11.0 Å². The molecule has 1 heterocycles. The van der Waals surface area contributed by atoms with Crippen molar-refractivity contribution in [2.75, 3.05) is 13.2 Å². The highest BCUT2D eigenvalue weighted by atomic mass is 16.5. The van der Waals surface area contributed by atoms with Crippen LogP contribution in [0.5, 0.6) is 0 Å². The topological polar surface area (TPSA) is 52.3 Å². The van der Waals surface area contributed by atoms with Crippen LogP contribution < -0.4 is 5.73 Å². The Bertz CT molecular complexity index is 383. The van der Waals surface area contributed by atoms with Gasteiger partial charge in [-0.25, -0.2) is 0 Å². The molecule has 80 valence electrons. The molecule has 1 aliphatic heterocycles. The van der Waals surface area contributed by atoms with Crippen molar-refractivity contribution in [2.24, 2.45) is 11.1 Å². The van der Waals surface area contributed by atoms with E-state index in [1.807, 2.05) is 18.2 Å². The molecule has 1 aromatic rings. The third-order valence-electron chi connectivity index (χ3n) is 2.80. The van der Waals surface area contributed by atoms with Crippen molar-refractivity contribution in [3.8, 4) is 0 Å². The highest BCUT2D eigenvalue weighted by molar-refractivity contribution is 5.94. The number of ether oxygens (including phenoxy) is 1. The Balaban J connectivity index is 2.23. The average molecular weight is 205 g/mol. The smallest absolute Gasteiger partial charge is 0.248 e. The Hall–Kier alpha value is -1.35. The first-order valence-corrected chi connectivity index (χ1v) is 5.06. The lowest BCUT2D eigenvalue weighted by atomic mass is 9.81. The molecular formula is C12H15NO2. The van der Waals surface area contributed by atoms with E-state index in [1.165, 1.54) is 0 Å². The third-order valence-corrected chi connectivity index (χ3v) is 2.80. The fourth-order valence-corrected chi connectivity index (χ4v) is 1.93. The van der Waals surface area contributed by atoms with Crippen LogP contribution in [-0.2, 0) is 11.2 Å².